The number of aryl methyl sites for hydroxylation is 1. The van der Waals surface area contributed by atoms with Crippen molar-refractivity contribution in [2.45, 2.75) is 38.6 Å². The number of aromatic nitrogens is 1. The zero-order chi connectivity index (χ0) is 15.8. The lowest BCUT2D eigenvalue weighted by Crippen LogP contribution is -2.28. The standard InChI is InChI=1S/C17H23N3O2.2ClH/c1-13(18)10-11-19-16(21)8-5-9-17-20-12-15(22-17)14-6-3-2-4-7-14;;/h2-4,6-7,12-13H,5,8-11,18H2,1H3,(H,19,21);2*1H. The third-order valence-corrected chi connectivity index (χ3v) is 3.33. The molecule has 0 saturated carbocycles. The van der Waals surface area contributed by atoms with Gasteiger partial charge in [-0.25, -0.2) is 4.98 Å². The van der Waals surface area contributed by atoms with E-state index in [2.05, 4.69) is 10.3 Å². The minimum absolute atomic E-state index is 0. The average Bonchev–Trinajstić information content (AvgIpc) is 2.97. The highest BCUT2D eigenvalue weighted by atomic mass is 35.5. The number of hydrogen-bond acceptors (Lipinski definition) is 4. The second kappa shape index (κ2) is 11.9. The van der Waals surface area contributed by atoms with Crippen LogP contribution in [0.25, 0.3) is 11.3 Å². The van der Waals surface area contributed by atoms with E-state index in [0.29, 0.717) is 25.3 Å². The zero-order valence-electron chi connectivity index (χ0n) is 13.7. The van der Waals surface area contributed by atoms with Crippen molar-refractivity contribution in [1.82, 2.24) is 10.3 Å². The molecule has 1 heterocycles. The summed E-state index contributed by atoms with van der Waals surface area (Å²) >= 11 is 0. The molecule has 0 radical (unpaired) electrons. The van der Waals surface area contributed by atoms with E-state index in [9.17, 15) is 4.79 Å². The maximum absolute atomic E-state index is 11.6. The van der Waals surface area contributed by atoms with Crippen LogP contribution in [-0.4, -0.2) is 23.5 Å². The van der Waals surface area contributed by atoms with Crippen molar-refractivity contribution in [2.75, 3.05) is 6.54 Å². The van der Waals surface area contributed by atoms with Gasteiger partial charge in [0.05, 0.1) is 6.20 Å². The Morgan fingerprint density at radius 3 is 2.67 bits per heavy atom. The second-order valence-corrected chi connectivity index (χ2v) is 5.45. The maximum Gasteiger partial charge on any atom is 0.220 e. The summed E-state index contributed by atoms with van der Waals surface area (Å²) < 4.78 is 5.70. The van der Waals surface area contributed by atoms with Crippen molar-refractivity contribution in [3.8, 4) is 11.3 Å². The van der Waals surface area contributed by atoms with E-state index in [4.69, 9.17) is 10.2 Å². The fourth-order valence-corrected chi connectivity index (χ4v) is 2.09. The lowest BCUT2D eigenvalue weighted by atomic mass is 10.2. The van der Waals surface area contributed by atoms with Crippen molar-refractivity contribution in [3.63, 3.8) is 0 Å². The first-order valence-corrected chi connectivity index (χ1v) is 7.67. The van der Waals surface area contributed by atoms with Gasteiger partial charge in [0, 0.05) is 31.0 Å². The molecule has 1 amide bonds. The van der Waals surface area contributed by atoms with E-state index < -0.39 is 0 Å². The summed E-state index contributed by atoms with van der Waals surface area (Å²) in [6.45, 7) is 2.56. The third-order valence-electron chi connectivity index (χ3n) is 3.33. The van der Waals surface area contributed by atoms with Gasteiger partial charge in [0.1, 0.15) is 0 Å². The SMILES string of the molecule is CC(N)CCNC(=O)CCCc1ncc(-c2ccccc2)o1.Cl.Cl. The van der Waals surface area contributed by atoms with Gasteiger partial charge in [0.2, 0.25) is 5.91 Å². The van der Waals surface area contributed by atoms with Crippen LogP contribution in [0.15, 0.2) is 40.9 Å². The number of amides is 1. The number of rotatable bonds is 8. The van der Waals surface area contributed by atoms with Crippen LogP contribution in [-0.2, 0) is 11.2 Å². The lowest BCUT2D eigenvalue weighted by molar-refractivity contribution is -0.121. The summed E-state index contributed by atoms with van der Waals surface area (Å²) in [5, 5.41) is 2.86. The molecule has 2 rings (SSSR count). The molecule has 0 spiro atoms. The minimum Gasteiger partial charge on any atom is -0.441 e. The van der Waals surface area contributed by atoms with Crippen LogP contribution in [0.3, 0.4) is 0 Å². The summed E-state index contributed by atoms with van der Waals surface area (Å²) in [6, 6.07) is 9.97. The van der Waals surface area contributed by atoms with Crippen molar-refractivity contribution >= 4 is 30.7 Å². The number of nitrogens with zero attached hydrogens (tertiary/aromatic N) is 1. The van der Waals surface area contributed by atoms with E-state index in [-0.39, 0.29) is 36.8 Å². The molecule has 134 valence electrons. The number of carbonyl (C=O) groups excluding carboxylic acids is 1. The van der Waals surface area contributed by atoms with Crippen LogP contribution in [0.2, 0.25) is 0 Å². The minimum atomic E-state index is 0. The van der Waals surface area contributed by atoms with Gasteiger partial charge in [0.25, 0.3) is 0 Å². The monoisotopic (exact) mass is 373 g/mol. The molecule has 1 atom stereocenters. The molecule has 7 heteroatoms. The predicted molar refractivity (Wildman–Crippen MR) is 101 cm³/mol. The molecular weight excluding hydrogens is 349 g/mol. The molecule has 1 aromatic carbocycles. The molecule has 0 aliphatic carbocycles. The summed E-state index contributed by atoms with van der Waals surface area (Å²) in [4.78, 5) is 15.9. The molecule has 1 unspecified atom stereocenters. The van der Waals surface area contributed by atoms with Crippen LogP contribution in [0, 0.1) is 0 Å². The molecular formula is C17H25Cl2N3O2. The Kier molecular flexibility index (Phi) is 11.1. The Labute approximate surface area is 155 Å². The highest BCUT2D eigenvalue weighted by molar-refractivity contribution is 5.85. The Morgan fingerprint density at radius 1 is 1.29 bits per heavy atom. The Bertz CT molecular complexity index is 589. The summed E-state index contributed by atoms with van der Waals surface area (Å²) in [7, 11) is 0. The van der Waals surface area contributed by atoms with Gasteiger partial charge in [-0.05, 0) is 19.8 Å². The molecule has 24 heavy (non-hydrogen) atoms. The highest BCUT2D eigenvalue weighted by Crippen LogP contribution is 2.20. The zero-order valence-corrected chi connectivity index (χ0v) is 15.4. The summed E-state index contributed by atoms with van der Waals surface area (Å²) in [5.41, 5.74) is 6.64. The van der Waals surface area contributed by atoms with Crippen molar-refractivity contribution in [1.29, 1.82) is 0 Å². The molecule has 5 nitrogen and oxygen atoms in total. The first-order valence-electron chi connectivity index (χ1n) is 7.67. The summed E-state index contributed by atoms with van der Waals surface area (Å²) in [5.74, 6) is 1.48. The predicted octanol–water partition coefficient (Wildman–Crippen LogP) is 3.36. The summed E-state index contributed by atoms with van der Waals surface area (Å²) in [6.07, 6.45) is 4.38. The number of nitrogens with two attached hydrogens (primary N) is 1. The molecule has 0 aliphatic heterocycles. The number of halogens is 2. The van der Waals surface area contributed by atoms with Crippen LogP contribution in [0.4, 0.5) is 0 Å². The van der Waals surface area contributed by atoms with E-state index in [0.717, 1.165) is 24.2 Å². The quantitative estimate of drug-likeness (QED) is 0.742. The number of benzene rings is 1. The van der Waals surface area contributed by atoms with Crippen LogP contribution in [0.1, 0.15) is 32.1 Å². The number of carbonyl (C=O) groups is 1. The maximum atomic E-state index is 11.6. The molecule has 0 aliphatic rings. The molecule has 0 saturated heterocycles. The van der Waals surface area contributed by atoms with E-state index in [1.807, 2.05) is 37.3 Å². The first kappa shape index (κ1) is 22.4. The third kappa shape index (κ3) is 7.81. The van der Waals surface area contributed by atoms with Crippen molar-refractivity contribution in [2.24, 2.45) is 5.73 Å². The fraction of sp³-hybridized carbons (Fsp3) is 0.412. The average molecular weight is 374 g/mol. The topological polar surface area (TPSA) is 81.1 Å². The van der Waals surface area contributed by atoms with E-state index in [1.54, 1.807) is 6.20 Å². The van der Waals surface area contributed by atoms with Gasteiger partial charge in [-0.1, -0.05) is 30.3 Å². The molecule has 2 aromatic rings. The van der Waals surface area contributed by atoms with Crippen molar-refractivity contribution in [3.05, 3.63) is 42.4 Å². The largest absolute Gasteiger partial charge is 0.441 e. The Morgan fingerprint density at radius 2 is 2.00 bits per heavy atom. The number of oxazole rings is 1. The Hall–Kier alpha value is -1.56. The number of nitrogens with one attached hydrogen (secondary N) is 1. The van der Waals surface area contributed by atoms with Gasteiger partial charge >= 0.3 is 0 Å². The number of hydrogen-bond donors (Lipinski definition) is 2. The van der Waals surface area contributed by atoms with Gasteiger partial charge < -0.3 is 15.5 Å². The first-order chi connectivity index (χ1) is 10.6. The van der Waals surface area contributed by atoms with E-state index >= 15 is 0 Å². The van der Waals surface area contributed by atoms with Gasteiger partial charge in [0.15, 0.2) is 11.7 Å². The lowest BCUT2D eigenvalue weighted by Gasteiger charge is -2.06. The Balaban J connectivity index is 0.00000264. The molecule has 3 N–H and O–H groups in total. The smallest absolute Gasteiger partial charge is 0.220 e. The molecule has 0 bridgehead atoms. The molecule has 0 fully saturated rings. The second-order valence-electron chi connectivity index (χ2n) is 5.45. The van der Waals surface area contributed by atoms with Crippen LogP contribution in [0.5, 0.6) is 0 Å². The normalized spacial score (nSPS) is 11.1. The molecule has 1 aromatic heterocycles. The van der Waals surface area contributed by atoms with Gasteiger partial charge in [-0.3, -0.25) is 4.79 Å². The van der Waals surface area contributed by atoms with Crippen LogP contribution >= 0.6 is 24.8 Å². The van der Waals surface area contributed by atoms with Gasteiger partial charge in [-0.2, -0.15) is 0 Å². The van der Waals surface area contributed by atoms with Gasteiger partial charge in [-0.15, -0.1) is 24.8 Å². The van der Waals surface area contributed by atoms with Crippen LogP contribution < -0.4 is 11.1 Å². The van der Waals surface area contributed by atoms with E-state index in [1.165, 1.54) is 0 Å². The van der Waals surface area contributed by atoms with Crippen molar-refractivity contribution < 1.29 is 9.21 Å². The highest BCUT2D eigenvalue weighted by Gasteiger charge is 2.07. The fourth-order valence-electron chi connectivity index (χ4n) is 2.09.